The Hall–Kier alpha value is -0.0800. The quantitative estimate of drug-likeness (QED) is 0.206. The van der Waals surface area contributed by atoms with E-state index in [0.717, 1.165) is 44.7 Å². The molecule has 0 amide bonds. The highest BCUT2D eigenvalue weighted by Crippen LogP contribution is 2.18. The molecule has 0 saturated heterocycles. The first-order valence-corrected chi connectivity index (χ1v) is 9.49. The van der Waals surface area contributed by atoms with Crippen LogP contribution in [-0.2, 0) is 0 Å². The van der Waals surface area contributed by atoms with Gasteiger partial charge in [-0.2, -0.15) is 0 Å². The van der Waals surface area contributed by atoms with Crippen LogP contribution in [0.3, 0.4) is 0 Å². The molecule has 0 aromatic heterocycles. The van der Waals surface area contributed by atoms with Crippen LogP contribution in [0.1, 0.15) is 64.7 Å². The topological polar surface area (TPSA) is 59.9 Å². The molecule has 1 aliphatic carbocycles. The lowest BCUT2D eigenvalue weighted by atomic mass is 9.93. The number of hydrogen-bond donors (Lipinski definition) is 3. The van der Waals surface area contributed by atoms with Crippen molar-refractivity contribution in [1.82, 2.24) is 15.5 Å². The van der Waals surface area contributed by atoms with Gasteiger partial charge in [0.15, 0.2) is 5.96 Å². The van der Waals surface area contributed by atoms with Crippen molar-refractivity contribution in [2.45, 2.75) is 76.9 Å². The van der Waals surface area contributed by atoms with Crippen molar-refractivity contribution >= 4 is 29.9 Å². The van der Waals surface area contributed by atoms with E-state index < -0.39 is 0 Å². The van der Waals surface area contributed by atoms with Crippen molar-refractivity contribution < 1.29 is 5.11 Å². The molecule has 0 radical (unpaired) electrons. The van der Waals surface area contributed by atoms with Gasteiger partial charge in [0.1, 0.15) is 0 Å². The van der Waals surface area contributed by atoms with Crippen LogP contribution < -0.4 is 10.6 Å². The molecule has 0 aromatic carbocycles. The molecule has 0 bridgehead atoms. The summed E-state index contributed by atoms with van der Waals surface area (Å²) in [5.41, 5.74) is 0. The van der Waals surface area contributed by atoms with E-state index in [1.54, 1.807) is 0 Å². The maximum atomic E-state index is 9.58. The molecule has 1 rings (SSSR count). The summed E-state index contributed by atoms with van der Waals surface area (Å²) in [5.74, 6) is 0.946. The number of guanidine groups is 1. The molecule has 0 spiro atoms. The van der Waals surface area contributed by atoms with E-state index in [1.165, 1.54) is 38.6 Å². The highest BCUT2D eigenvalue weighted by atomic mass is 127. The lowest BCUT2D eigenvalue weighted by Crippen LogP contribution is -2.45. The standard InChI is InChI=1S/C18H38N4O.HI/c1-4-19-18(21-16-10-12-17(23)13-11-16)20-14-8-6-5-7-9-15-22(2)3;/h16-17,23H,4-15H2,1-3H3,(H2,19,20,21);1H. The molecular weight excluding hydrogens is 415 g/mol. The second kappa shape index (κ2) is 15.2. The Morgan fingerprint density at radius 3 is 2.29 bits per heavy atom. The van der Waals surface area contributed by atoms with Crippen LogP contribution in [-0.4, -0.2) is 61.8 Å². The van der Waals surface area contributed by atoms with Crippen molar-refractivity contribution in [3.63, 3.8) is 0 Å². The molecule has 1 fully saturated rings. The molecule has 0 unspecified atom stereocenters. The summed E-state index contributed by atoms with van der Waals surface area (Å²) in [4.78, 5) is 6.95. The maximum Gasteiger partial charge on any atom is 0.191 e. The number of unbranched alkanes of at least 4 members (excludes halogenated alkanes) is 4. The highest BCUT2D eigenvalue weighted by Gasteiger charge is 2.19. The van der Waals surface area contributed by atoms with Crippen LogP contribution in [0, 0.1) is 0 Å². The minimum absolute atomic E-state index is 0. The number of hydrogen-bond acceptors (Lipinski definition) is 3. The van der Waals surface area contributed by atoms with Gasteiger partial charge >= 0.3 is 0 Å². The number of nitrogens with one attached hydrogen (secondary N) is 2. The molecule has 0 heterocycles. The molecule has 0 aliphatic heterocycles. The summed E-state index contributed by atoms with van der Waals surface area (Å²) < 4.78 is 0. The van der Waals surface area contributed by atoms with Crippen molar-refractivity contribution in [1.29, 1.82) is 0 Å². The van der Waals surface area contributed by atoms with Crippen LogP contribution >= 0.6 is 24.0 Å². The van der Waals surface area contributed by atoms with E-state index in [9.17, 15) is 5.11 Å². The molecular formula is C18H39IN4O. The maximum absolute atomic E-state index is 9.58. The average molecular weight is 454 g/mol. The third-order valence-corrected chi connectivity index (χ3v) is 4.42. The van der Waals surface area contributed by atoms with Crippen LogP contribution in [0.2, 0.25) is 0 Å². The minimum Gasteiger partial charge on any atom is -0.393 e. The summed E-state index contributed by atoms with van der Waals surface area (Å²) in [7, 11) is 4.27. The summed E-state index contributed by atoms with van der Waals surface area (Å²) >= 11 is 0. The summed E-state index contributed by atoms with van der Waals surface area (Å²) in [6, 6.07) is 0.460. The zero-order valence-electron chi connectivity index (χ0n) is 15.9. The zero-order valence-corrected chi connectivity index (χ0v) is 18.2. The third kappa shape index (κ3) is 12.3. The van der Waals surface area contributed by atoms with Gasteiger partial charge in [0.25, 0.3) is 0 Å². The molecule has 24 heavy (non-hydrogen) atoms. The number of nitrogens with zero attached hydrogens (tertiary/aromatic N) is 2. The second-order valence-electron chi connectivity index (χ2n) is 6.98. The lowest BCUT2D eigenvalue weighted by Gasteiger charge is -2.27. The van der Waals surface area contributed by atoms with Gasteiger partial charge in [-0.1, -0.05) is 19.3 Å². The van der Waals surface area contributed by atoms with E-state index in [1.807, 2.05) is 0 Å². The van der Waals surface area contributed by atoms with Gasteiger partial charge in [-0.25, -0.2) is 0 Å². The van der Waals surface area contributed by atoms with Crippen LogP contribution in [0.4, 0.5) is 0 Å². The van der Waals surface area contributed by atoms with Gasteiger partial charge in [-0.15, -0.1) is 24.0 Å². The number of rotatable bonds is 10. The van der Waals surface area contributed by atoms with Crippen LogP contribution in [0.15, 0.2) is 4.99 Å². The third-order valence-electron chi connectivity index (χ3n) is 4.42. The molecule has 144 valence electrons. The molecule has 6 heteroatoms. The van der Waals surface area contributed by atoms with Crippen LogP contribution in [0.25, 0.3) is 0 Å². The average Bonchev–Trinajstić information content (AvgIpc) is 2.52. The van der Waals surface area contributed by atoms with Gasteiger partial charge in [0.2, 0.25) is 0 Å². The largest absolute Gasteiger partial charge is 0.393 e. The first-order valence-electron chi connectivity index (χ1n) is 9.49. The Labute approximate surface area is 166 Å². The SMILES string of the molecule is CCNC(=NCCCCCCCN(C)C)NC1CCC(O)CC1.I. The van der Waals surface area contributed by atoms with E-state index >= 15 is 0 Å². The molecule has 0 atom stereocenters. The number of aliphatic hydroxyl groups excluding tert-OH is 1. The summed E-state index contributed by atoms with van der Waals surface area (Å²) in [6.07, 6.45) is 10.2. The smallest absolute Gasteiger partial charge is 0.191 e. The van der Waals surface area contributed by atoms with Gasteiger partial charge < -0.3 is 20.6 Å². The summed E-state index contributed by atoms with van der Waals surface area (Å²) in [6.45, 7) is 5.10. The van der Waals surface area contributed by atoms with Crippen molar-refractivity contribution in [2.24, 2.45) is 4.99 Å². The molecule has 3 N–H and O–H groups in total. The Kier molecular flexibility index (Phi) is 15.1. The monoisotopic (exact) mass is 454 g/mol. The first kappa shape index (κ1) is 23.9. The molecule has 5 nitrogen and oxygen atoms in total. The molecule has 1 saturated carbocycles. The second-order valence-corrected chi connectivity index (χ2v) is 6.98. The molecule has 1 aliphatic rings. The number of aliphatic hydroxyl groups is 1. The van der Waals surface area contributed by atoms with E-state index in [0.29, 0.717) is 6.04 Å². The normalized spacial score (nSPS) is 21.5. The lowest BCUT2D eigenvalue weighted by molar-refractivity contribution is 0.120. The fourth-order valence-corrected chi connectivity index (χ4v) is 2.99. The Morgan fingerprint density at radius 1 is 1.04 bits per heavy atom. The predicted octanol–water partition coefficient (Wildman–Crippen LogP) is 2.98. The molecule has 0 aromatic rings. The number of aliphatic imine (C=N–C) groups is 1. The highest BCUT2D eigenvalue weighted by molar-refractivity contribution is 14.0. The number of halogens is 1. The van der Waals surface area contributed by atoms with Crippen molar-refractivity contribution in [3.05, 3.63) is 0 Å². The van der Waals surface area contributed by atoms with Crippen LogP contribution in [0.5, 0.6) is 0 Å². The Bertz CT molecular complexity index is 318. The van der Waals surface area contributed by atoms with Gasteiger partial charge in [-0.05, 0) is 66.1 Å². The zero-order chi connectivity index (χ0) is 16.9. The predicted molar refractivity (Wildman–Crippen MR) is 114 cm³/mol. The van der Waals surface area contributed by atoms with E-state index in [2.05, 4.69) is 36.6 Å². The fourth-order valence-electron chi connectivity index (χ4n) is 2.99. The van der Waals surface area contributed by atoms with Gasteiger partial charge in [-0.3, -0.25) is 4.99 Å². The van der Waals surface area contributed by atoms with Gasteiger partial charge in [0.05, 0.1) is 6.10 Å². The Balaban J connectivity index is 0.00000529. The first-order chi connectivity index (χ1) is 11.1. The van der Waals surface area contributed by atoms with Crippen molar-refractivity contribution in [2.75, 3.05) is 33.7 Å². The van der Waals surface area contributed by atoms with Gasteiger partial charge in [0, 0.05) is 19.1 Å². The minimum atomic E-state index is -0.0972. The fraction of sp³-hybridized carbons (Fsp3) is 0.944. The van der Waals surface area contributed by atoms with E-state index in [4.69, 9.17) is 4.99 Å². The Morgan fingerprint density at radius 2 is 1.67 bits per heavy atom. The van der Waals surface area contributed by atoms with Crippen molar-refractivity contribution in [3.8, 4) is 0 Å². The van der Waals surface area contributed by atoms with E-state index in [-0.39, 0.29) is 30.1 Å². The summed E-state index contributed by atoms with van der Waals surface area (Å²) in [5, 5.41) is 16.4.